The van der Waals surface area contributed by atoms with Gasteiger partial charge in [0.1, 0.15) is 5.82 Å². The third kappa shape index (κ3) is 3.26. The number of halogens is 1. The molecule has 0 unspecified atom stereocenters. The molecule has 0 fully saturated rings. The zero-order valence-corrected chi connectivity index (χ0v) is 15.7. The van der Waals surface area contributed by atoms with E-state index >= 15 is 0 Å². The van der Waals surface area contributed by atoms with Gasteiger partial charge >= 0.3 is 0 Å². The van der Waals surface area contributed by atoms with Gasteiger partial charge in [-0.3, -0.25) is 9.78 Å². The van der Waals surface area contributed by atoms with E-state index in [1.807, 2.05) is 20.8 Å². The molecule has 0 bridgehead atoms. The van der Waals surface area contributed by atoms with E-state index in [0.717, 1.165) is 15.6 Å². The van der Waals surface area contributed by atoms with E-state index in [0.29, 0.717) is 22.2 Å². The Kier molecular flexibility index (Phi) is 4.56. The van der Waals surface area contributed by atoms with Gasteiger partial charge in [-0.25, -0.2) is 9.37 Å². The summed E-state index contributed by atoms with van der Waals surface area (Å²) >= 11 is 1.63. The fourth-order valence-corrected chi connectivity index (χ4v) is 3.90. The number of carbonyl (C=O) groups is 1. The van der Waals surface area contributed by atoms with Crippen LogP contribution in [-0.4, -0.2) is 27.8 Å². The van der Waals surface area contributed by atoms with Crippen molar-refractivity contribution >= 4 is 28.1 Å². The Morgan fingerprint density at radius 3 is 2.56 bits per heavy atom. The average molecular weight is 357 g/mol. The number of aryl methyl sites for hydroxylation is 3. The second kappa shape index (κ2) is 6.52. The molecule has 0 spiro atoms. The van der Waals surface area contributed by atoms with Crippen LogP contribution in [0.4, 0.5) is 4.39 Å². The lowest BCUT2D eigenvalue weighted by Gasteiger charge is -2.25. The second-order valence-electron chi connectivity index (χ2n) is 6.24. The molecule has 6 heteroatoms. The van der Waals surface area contributed by atoms with Crippen LogP contribution in [0.25, 0.3) is 10.9 Å². The summed E-state index contributed by atoms with van der Waals surface area (Å²) in [4.78, 5) is 24.8. The molecule has 4 nitrogen and oxygen atoms in total. The van der Waals surface area contributed by atoms with Crippen molar-refractivity contribution in [3.05, 3.63) is 56.9 Å². The third-order valence-electron chi connectivity index (χ3n) is 4.37. The minimum atomic E-state index is -0.362. The Hall–Kier alpha value is -2.34. The van der Waals surface area contributed by atoms with Crippen LogP contribution in [0.1, 0.15) is 44.6 Å². The molecule has 130 valence electrons. The molecule has 1 atom stereocenters. The fraction of sp³-hybridized carbons (Fsp3) is 0.316. The van der Waals surface area contributed by atoms with E-state index in [1.165, 1.54) is 12.1 Å². The largest absolute Gasteiger partial charge is 0.333 e. The summed E-state index contributed by atoms with van der Waals surface area (Å²) < 4.78 is 13.5. The quantitative estimate of drug-likeness (QED) is 0.689. The van der Waals surface area contributed by atoms with Crippen molar-refractivity contribution in [1.82, 2.24) is 14.9 Å². The number of rotatable bonds is 3. The maximum Gasteiger partial charge on any atom is 0.254 e. The number of amides is 1. The van der Waals surface area contributed by atoms with Gasteiger partial charge in [0.15, 0.2) is 0 Å². The lowest BCUT2D eigenvalue weighted by atomic mass is 10.1. The fourth-order valence-electron chi connectivity index (χ4n) is 2.99. The number of nitrogens with zero attached hydrogens (tertiary/aromatic N) is 3. The number of aromatic nitrogens is 2. The molecule has 1 aromatic carbocycles. The number of carbonyl (C=O) groups excluding carboxylic acids is 1. The predicted molar refractivity (Wildman–Crippen MR) is 98.5 cm³/mol. The number of hydrogen-bond acceptors (Lipinski definition) is 4. The molecule has 1 amide bonds. The molecule has 2 aromatic heterocycles. The van der Waals surface area contributed by atoms with Gasteiger partial charge in [-0.2, -0.15) is 0 Å². The molecular formula is C19H20FN3OS. The minimum absolute atomic E-state index is 0.125. The van der Waals surface area contributed by atoms with Gasteiger partial charge in [0.2, 0.25) is 0 Å². The molecule has 0 saturated heterocycles. The summed E-state index contributed by atoms with van der Waals surface area (Å²) in [5, 5.41) is 1.64. The van der Waals surface area contributed by atoms with Crippen LogP contribution in [0, 0.1) is 26.6 Å². The van der Waals surface area contributed by atoms with Crippen molar-refractivity contribution in [3.8, 4) is 0 Å². The monoisotopic (exact) mass is 357 g/mol. The van der Waals surface area contributed by atoms with Gasteiger partial charge in [0, 0.05) is 29.1 Å². The van der Waals surface area contributed by atoms with E-state index in [-0.39, 0.29) is 17.8 Å². The summed E-state index contributed by atoms with van der Waals surface area (Å²) in [6, 6.07) is 5.93. The second-order valence-corrected chi connectivity index (χ2v) is 7.65. The van der Waals surface area contributed by atoms with Gasteiger partial charge < -0.3 is 4.90 Å². The predicted octanol–water partition coefficient (Wildman–Crippen LogP) is 4.59. The maximum atomic E-state index is 13.5. The average Bonchev–Trinajstić information content (AvgIpc) is 2.90. The summed E-state index contributed by atoms with van der Waals surface area (Å²) in [5.74, 6) is -0.487. The Labute approximate surface area is 150 Å². The van der Waals surface area contributed by atoms with Gasteiger partial charge in [0.25, 0.3) is 5.91 Å². The lowest BCUT2D eigenvalue weighted by Crippen LogP contribution is -2.30. The van der Waals surface area contributed by atoms with Gasteiger partial charge in [-0.05, 0) is 45.9 Å². The highest BCUT2D eigenvalue weighted by atomic mass is 32.1. The van der Waals surface area contributed by atoms with Crippen molar-refractivity contribution in [3.63, 3.8) is 0 Å². The van der Waals surface area contributed by atoms with Crippen LogP contribution >= 0.6 is 11.3 Å². The summed E-state index contributed by atoms with van der Waals surface area (Å²) in [6.07, 6.45) is 0. The highest BCUT2D eigenvalue weighted by Gasteiger charge is 2.24. The third-order valence-corrected chi connectivity index (χ3v) is 5.27. The smallest absolute Gasteiger partial charge is 0.254 e. The standard InChI is InChI=1S/C19H20FN3OS/c1-10-8-16(15-7-6-14(20)9-17(15)21-10)19(24)23(5)11(2)18-12(3)25-13(4)22-18/h6-9,11H,1-5H3/t11-/m1/s1. The van der Waals surface area contributed by atoms with Crippen molar-refractivity contribution in [1.29, 1.82) is 0 Å². The van der Waals surface area contributed by atoms with Crippen LogP contribution in [-0.2, 0) is 0 Å². The van der Waals surface area contributed by atoms with Crippen LogP contribution < -0.4 is 0 Å². The van der Waals surface area contributed by atoms with E-state index in [1.54, 1.807) is 42.3 Å². The minimum Gasteiger partial charge on any atom is -0.333 e. The van der Waals surface area contributed by atoms with Crippen LogP contribution in [0.15, 0.2) is 24.3 Å². The zero-order chi connectivity index (χ0) is 18.3. The molecule has 0 radical (unpaired) electrons. The molecule has 0 saturated carbocycles. The molecule has 3 rings (SSSR count). The number of hydrogen-bond donors (Lipinski definition) is 0. The summed E-state index contributed by atoms with van der Waals surface area (Å²) in [6.45, 7) is 7.75. The van der Waals surface area contributed by atoms with Crippen molar-refractivity contribution in [2.45, 2.75) is 33.7 Å². The van der Waals surface area contributed by atoms with E-state index in [2.05, 4.69) is 9.97 Å². The molecule has 3 aromatic rings. The summed E-state index contributed by atoms with van der Waals surface area (Å²) in [7, 11) is 1.77. The van der Waals surface area contributed by atoms with Gasteiger partial charge in [0.05, 0.1) is 27.8 Å². The molecule has 0 aliphatic heterocycles. The SMILES string of the molecule is Cc1cc(C(=O)N(C)[C@H](C)c2nc(C)sc2C)c2ccc(F)cc2n1. The first-order chi connectivity index (χ1) is 11.8. The van der Waals surface area contributed by atoms with Crippen molar-refractivity contribution in [2.75, 3.05) is 7.05 Å². The molecule has 2 heterocycles. The number of benzene rings is 1. The highest BCUT2D eigenvalue weighted by Crippen LogP contribution is 2.28. The molecular weight excluding hydrogens is 337 g/mol. The van der Waals surface area contributed by atoms with E-state index < -0.39 is 0 Å². The van der Waals surface area contributed by atoms with Crippen LogP contribution in [0.2, 0.25) is 0 Å². The Balaban J connectivity index is 2.03. The Bertz CT molecular complexity index is 961. The van der Waals surface area contributed by atoms with Crippen LogP contribution in [0.5, 0.6) is 0 Å². The summed E-state index contributed by atoms with van der Waals surface area (Å²) in [5.41, 5.74) is 2.62. The highest BCUT2D eigenvalue weighted by molar-refractivity contribution is 7.11. The van der Waals surface area contributed by atoms with E-state index in [4.69, 9.17) is 0 Å². The lowest BCUT2D eigenvalue weighted by molar-refractivity contribution is 0.0741. The maximum absolute atomic E-state index is 13.5. The molecule has 0 aliphatic carbocycles. The Morgan fingerprint density at radius 1 is 1.20 bits per heavy atom. The number of pyridine rings is 1. The Morgan fingerprint density at radius 2 is 1.92 bits per heavy atom. The normalized spacial score (nSPS) is 12.4. The van der Waals surface area contributed by atoms with Gasteiger partial charge in [-0.15, -0.1) is 11.3 Å². The van der Waals surface area contributed by atoms with Crippen molar-refractivity contribution in [2.24, 2.45) is 0 Å². The van der Waals surface area contributed by atoms with Gasteiger partial charge in [-0.1, -0.05) is 0 Å². The zero-order valence-electron chi connectivity index (χ0n) is 14.9. The number of fused-ring (bicyclic) bond motifs is 1. The van der Waals surface area contributed by atoms with Crippen LogP contribution in [0.3, 0.4) is 0 Å². The first-order valence-electron chi connectivity index (χ1n) is 8.06. The molecule has 0 N–H and O–H groups in total. The first-order valence-corrected chi connectivity index (χ1v) is 8.87. The molecule has 25 heavy (non-hydrogen) atoms. The number of thiazole rings is 1. The van der Waals surface area contributed by atoms with Crippen molar-refractivity contribution < 1.29 is 9.18 Å². The molecule has 0 aliphatic rings. The topological polar surface area (TPSA) is 46.1 Å². The van der Waals surface area contributed by atoms with E-state index in [9.17, 15) is 9.18 Å². The first kappa shape index (κ1) is 17.5.